The quantitative estimate of drug-likeness (QED) is 0.829. The van der Waals surface area contributed by atoms with Crippen LogP contribution in [0, 0.1) is 0 Å². The van der Waals surface area contributed by atoms with E-state index in [1.807, 2.05) is 24.4 Å². The molecule has 2 rings (SSSR count). The van der Waals surface area contributed by atoms with Crippen LogP contribution in [-0.4, -0.2) is 24.7 Å². The number of nitrogens with zero attached hydrogens (tertiary/aromatic N) is 1. The molecule has 1 aromatic heterocycles. The molecule has 1 atom stereocenters. The molecule has 0 aliphatic rings. The second-order valence-corrected chi connectivity index (χ2v) is 5.81. The number of pyridine rings is 1. The van der Waals surface area contributed by atoms with Gasteiger partial charge >= 0.3 is 0 Å². The first kappa shape index (κ1) is 16.0. The number of ether oxygens (including phenoxy) is 1. The first-order valence-electron chi connectivity index (χ1n) is 7.18. The number of rotatable bonds is 7. The topological polar surface area (TPSA) is 34.1 Å². The van der Waals surface area contributed by atoms with Crippen molar-refractivity contribution in [3.8, 4) is 5.75 Å². The van der Waals surface area contributed by atoms with Gasteiger partial charge in [0.05, 0.1) is 11.6 Å². The Morgan fingerprint density at radius 2 is 2.10 bits per heavy atom. The molecule has 0 amide bonds. The van der Waals surface area contributed by atoms with Gasteiger partial charge in [-0.1, -0.05) is 19.1 Å². The lowest BCUT2D eigenvalue weighted by Gasteiger charge is -2.18. The van der Waals surface area contributed by atoms with Crippen LogP contribution in [0.3, 0.4) is 0 Å². The second kappa shape index (κ2) is 8.15. The van der Waals surface area contributed by atoms with Crippen molar-refractivity contribution in [1.29, 1.82) is 0 Å². The van der Waals surface area contributed by atoms with Crippen molar-refractivity contribution < 1.29 is 4.74 Å². The molecule has 0 saturated heterocycles. The maximum Gasteiger partial charge on any atom is 0.133 e. The SMILES string of the molecule is CCNC(Cc1ccc(OC)c(Br)c1)Cc1ccccn1. The van der Waals surface area contributed by atoms with Crippen LogP contribution in [0.15, 0.2) is 47.1 Å². The normalized spacial score (nSPS) is 12.1. The van der Waals surface area contributed by atoms with Crippen LogP contribution in [0.2, 0.25) is 0 Å². The van der Waals surface area contributed by atoms with Crippen molar-refractivity contribution in [2.24, 2.45) is 0 Å². The van der Waals surface area contributed by atoms with E-state index >= 15 is 0 Å². The lowest BCUT2D eigenvalue weighted by Crippen LogP contribution is -2.33. The fourth-order valence-corrected chi connectivity index (χ4v) is 2.99. The molecule has 1 unspecified atom stereocenters. The summed E-state index contributed by atoms with van der Waals surface area (Å²) in [5, 5.41) is 3.54. The predicted octanol–water partition coefficient (Wildman–Crippen LogP) is 3.62. The highest BCUT2D eigenvalue weighted by molar-refractivity contribution is 9.10. The number of aromatic nitrogens is 1. The Balaban J connectivity index is 2.07. The van der Waals surface area contributed by atoms with Gasteiger partial charge < -0.3 is 10.1 Å². The summed E-state index contributed by atoms with van der Waals surface area (Å²) >= 11 is 3.55. The Morgan fingerprint density at radius 1 is 1.24 bits per heavy atom. The summed E-state index contributed by atoms with van der Waals surface area (Å²) in [6.07, 6.45) is 3.74. The van der Waals surface area contributed by atoms with Crippen molar-refractivity contribution in [3.63, 3.8) is 0 Å². The fraction of sp³-hybridized carbons (Fsp3) is 0.353. The van der Waals surface area contributed by atoms with Crippen LogP contribution in [0.1, 0.15) is 18.2 Å². The van der Waals surface area contributed by atoms with Gasteiger partial charge in [-0.25, -0.2) is 0 Å². The molecule has 0 saturated carbocycles. The number of halogens is 1. The number of hydrogen-bond donors (Lipinski definition) is 1. The Kier molecular flexibility index (Phi) is 6.21. The minimum absolute atomic E-state index is 0.380. The van der Waals surface area contributed by atoms with E-state index in [9.17, 15) is 0 Å². The van der Waals surface area contributed by atoms with E-state index in [2.05, 4.69) is 51.4 Å². The molecule has 112 valence electrons. The van der Waals surface area contributed by atoms with Crippen molar-refractivity contribution >= 4 is 15.9 Å². The summed E-state index contributed by atoms with van der Waals surface area (Å²) in [4.78, 5) is 4.42. The lowest BCUT2D eigenvalue weighted by atomic mass is 10.0. The molecule has 1 heterocycles. The zero-order chi connectivity index (χ0) is 15.1. The molecule has 1 aromatic carbocycles. The van der Waals surface area contributed by atoms with Crippen LogP contribution in [0.25, 0.3) is 0 Å². The smallest absolute Gasteiger partial charge is 0.133 e. The lowest BCUT2D eigenvalue weighted by molar-refractivity contribution is 0.411. The van der Waals surface area contributed by atoms with Gasteiger partial charge in [0.15, 0.2) is 0 Å². The van der Waals surface area contributed by atoms with Gasteiger partial charge in [0.1, 0.15) is 5.75 Å². The van der Waals surface area contributed by atoms with Gasteiger partial charge in [-0.3, -0.25) is 4.98 Å². The van der Waals surface area contributed by atoms with Crippen molar-refractivity contribution in [3.05, 3.63) is 58.3 Å². The molecular formula is C17H21BrN2O. The number of benzene rings is 1. The van der Waals surface area contributed by atoms with Gasteiger partial charge in [-0.2, -0.15) is 0 Å². The molecule has 1 N–H and O–H groups in total. The summed E-state index contributed by atoms with van der Waals surface area (Å²) in [6.45, 7) is 3.09. The van der Waals surface area contributed by atoms with Crippen molar-refractivity contribution in [2.45, 2.75) is 25.8 Å². The van der Waals surface area contributed by atoms with Gasteiger partial charge in [0.2, 0.25) is 0 Å². The monoisotopic (exact) mass is 348 g/mol. The maximum atomic E-state index is 5.28. The van der Waals surface area contributed by atoms with Crippen molar-refractivity contribution in [1.82, 2.24) is 10.3 Å². The average Bonchev–Trinajstić information content (AvgIpc) is 2.49. The molecule has 0 fully saturated rings. The van der Waals surface area contributed by atoms with Crippen LogP contribution >= 0.6 is 15.9 Å². The Bertz CT molecular complexity index is 560. The second-order valence-electron chi connectivity index (χ2n) is 4.95. The molecule has 0 aliphatic carbocycles. The van der Waals surface area contributed by atoms with E-state index in [1.165, 1.54) is 5.56 Å². The molecule has 2 aromatic rings. The molecule has 4 heteroatoms. The van der Waals surface area contributed by atoms with Gasteiger partial charge in [0.25, 0.3) is 0 Å². The first-order chi connectivity index (χ1) is 10.2. The van der Waals surface area contributed by atoms with Crippen LogP contribution in [-0.2, 0) is 12.8 Å². The fourth-order valence-electron chi connectivity index (χ4n) is 2.40. The Morgan fingerprint density at radius 3 is 2.71 bits per heavy atom. The number of hydrogen-bond acceptors (Lipinski definition) is 3. The zero-order valence-electron chi connectivity index (χ0n) is 12.5. The predicted molar refractivity (Wildman–Crippen MR) is 89.8 cm³/mol. The van der Waals surface area contributed by atoms with Gasteiger partial charge in [-0.15, -0.1) is 0 Å². The molecule has 0 radical (unpaired) electrons. The third kappa shape index (κ3) is 4.83. The van der Waals surface area contributed by atoms with Gasteiger partial charge in [0, 0.05) is 24.4 Å². The third-order valence-electron chi connectivity index (χ3n) is 3.37. The zero-order valence-corrected chi connectivity index (χ0v) is 14.1. The Labute approximate surface area is 134 Å². The average molecular weight is 349 g/mol. The van der Waals surface area contributed by atoms with Crippen LogP contribution in [0.5, 0.6) is 5.75 Å². The number of likely N-dealkylation sites (N-methyl/N-ethyl adjacent to an activating group) is 1. The maximum absolute atomic E-state index is 5.28. The van der Waals surface area contributed by atoms with E-state index in [-0.39, 0.29) is 0 Å². The highest BCUT2D eigenvalue weighted by atomic mass is 79.9. The molecule has 0 aliphatic heterocycles. The standard InChI is InChI=1S/C17H21BrN2O/c1-3-19-15(12-14-6-4-5-9-20-14)10-13-7-8-17(21-2)16(18)11-13/h4-9,11,15,19H,3,10,12H2,1-2H3. The van der Waals surface area contributed by atoms with E-state index in [4.69, 9.17) is 4.74 Å². The van der Waals surface area contributed by atoms with E-state index in [1.54, 1.807) is 7.11 Å². The minimum atomic E-state index is 0.380. The molecule has 21 heavy (non-hydrogen) atoms. The van der Waals surface area contributed by atoms with Crippen LogP contribution in [0.4, 0.5) is 0 Å². The summed E-state index contributed by atoms with van der Waals surface area (Å²) in [6, 6.07) is 12.7. The summed E-state index contributed by atoms with van der Waals surface area (Å²) < 4.78 is 6.27. The molecular weight excluding hydrogens is 328 g/mol. The largest absolute Gasteiger partial charge is 0.496 e. The number of methoxy groups -OCH3 is 1. The van der Waals surface area contributed by atoms with Crippen molar-refractivity contribution in [2.75, 3.05) is 13.7 Å². The van der Waals surface area contributed by atoms with Gasteiger partial charge in [-0.05, 0) is 58.7 Å². The van der Waals surface area contributed by atoms with E-state index < -0.39 is 0 Å². The number of nitrogens with one attached hydrogen (secondary N) is 1. The van der Waals surface area contributed by atoms with Crippen LogP contribution < -0.4 is 10.1 Å². The summed E-state index contributed by atoms with van der Waals surface area (Å²) in [5.41, 5.74) is 2.40. The summed E-state index contributed by atoms with van der Waals surface area (Å²) in [7, 11) is 1.68. The summed E-state index contributed by atoms with van der Waals surface area (Å²) in [5.74, 6) is 0.864. The molecule has 0 spiro atoms. The van der Waals surface area contributed by atoms with E-state index in [0.29, 0.717) is 6.04 Å². The highest BCUT2D eigenvalue weighted by Crippen LogP contribution is 2.26. The first-order valence-corrected chi connectivity index (χ1v) is 7.98. The minimum Gasteiger partial charge on any atom is -0.496 e. The Hall–Kier alpha value is -1.39. The molecule has 0 bridgehead atoms. The third-order valence-corrected chi connectivity index (χ3v) is 3.99. The van der Waals surface area contributed by atoms with E-state index in [0.717, 1.165) is 35.3 Å². The molecule has 3 nitrogen and oxygen atoms in total. The highest BCUT2D eigenvalue weighted by Gasteiger charge is 2.11.